The maximum atomic E-state index is 11.9. The van der Waals surface area contributed by atoms with E-state index in [2.05, 4.69) is 10.3 Å². The highest BCUT2D eigenvalue weighted by Gasteiger charge is 2.27. The topological polar surface area (TPSA) is 87.1 Å². The largest absolute Gasteiger partial charge is 0.429 e. The summed E-state index contributed by atoms with van der Waals surface area (Å²) in [6.07, 6.45) is -4.50. The van der Waals surface area contributed by atoms with Crippen molar-refractivity contribution in [3.63, 3.8) is 0 Å². The maximum absolute atomic E-state index is 11.9. The summed E-state index contributed by atoms with van der Waals surface area (Å²) in [5.41, 5.74) is 1.15. The lowest BCUT2D eigenvalue weighted by molar-refractivity contribution is -0.137. The molecule has 0 spiro atoms. The molecule has 0 atom stereocenters. The Bertz CT molecular complexity index is 766. The van der Waals surface area contributed by atoms with Gasteiger partial charge in [-0.2, -0.15) is 13.2 Å². The first-order valence-corrected chi connectivity index (χ1v) is 6.40. The second kappa shape index (κ2) is 6.18. The van der Waals surface area contributed by atoms with Crippen molar-refractivity contribution in [2.75, 3.05) is 13.1 Å². The van der Waals surface area contributed by atoms with Crippen LogP contribution in [0.1, 0.15) is 10.4 Å². The van der Waals surface area contributed by atoms with E-state index < -0.39 is 31.1 Å². The minimum Gasteiger partial charge on any atom is -0.429 e. The van der Waals surface area contributed by atoms with Gasteiger partial charge in [-0.25, -0.2) is 0 Å². The molecule has 2 rings (SSSR count). The Balaban J connectivity index is 1.93. The van der Waals surface area contributed by atoms with Crippen molar-refractivity contribution in [1.29, 1.82) is 0 Å². The number of benzene rings is 1. The van der Waals surface area contributed by atoms with E-state index in [-0.39, 0.29) is 10.4 Å². The molecular weight excluding hydrogens is 323 g/mol. The van der Waals surface area contributed by atoms with Gasteiger partial charge in [0.2, 0.25) is 5.91 Å². The number of hydrogen-bond donors (Lipinski definition) is 3. The standard InChI is InChI=1S/C12H10F3N3O3S/c13-12(14,15)5-17-9(19)4-16-10(20)6-1-2-7-8(3-6)21-11(22)18-7/h1-3H,4-5H2,(H,16,20)(H,17,19)(H,18,22). The first kappa shape index (κ1) is 16.0. The third kappa shape index (κ3) is 4.32. The molecule has 0 aliphatic carbocycles. The van der Waals surface area contributed by atoms with Crippen LogP contribution in [-0.2, 0) is 4.79 Å². The molecule has 0 radical (unpaired) electrons. The second-order valence-electron chi connectivity index (χ2n) is 4.30. The average Bonchev–Trinajstić information content (AvgIpc) is 2.80. The summed E-state index contributed by atoms with van der Waals surface area (Å²) < 4.78 is 40.9. The summed E-state index contributed by atoms with van der Waals surface area (Å²) >= 11 is 4.80. The van der Waals surface area contributed by atoms with Crippen LogP contribution < -0.4 is 10.6 Å². The second-order valence-corrected chi connectivity index (χ2v) is 4.67. The van der Waals surface area contributed by atoms with E-state index >= 15 is 0 Å². The molecule has 2 aromatic rings. The zero-order chi connectivity index (χ0) is 16.3. The minimum absolute atomic E-state index is 0.152. The number of amides is 2. The van der Waals surface area contributed by atoms with Crippen LogP contribution in [0.15, 0.2) is 22.6 Å². The normalized spacial score (nSPS) is 11.4. The number of aromatic nitrogens is 1. The molecule has 0 fully saturated rings. The minimum atomic E-state index is -4.50. The van der Waals surface area contributed by atoms with E-state index in [1.807, 2.05) is 0 Å². The van der Waals surface area contributed by atoms with Crippen molar-refractivity contribution in [2.45, 2.75) is 6.18 Å². The third-order valence-corrected chi connectivity index (χ3v) is 2.76. The third-order valence-electron chi connectivity index (χ3n) is 2.58. The van der Waals surface area contributed by atoms with E-state index in [0.29, 0.717) is 11.1 Å². The molecule has 1 heterocycles. The van der Waals surface area contributed by atoms with Crippen LogP contribution in [0.3, 0.4) is 0 Å². The molecule has 6 nitrogen and oxygen atoms in total. The number of nitrogens with one attached hydrogen (secondary N) is 3. The molecular formula is C12H10F3N3O3S. The zero-order valence-electron chi connectivity index (χ0n) is 10.9. The van der Waals surface area contributed by atoms with Gasteiger partial charge in [0, 0.05) is 5.56 Å². The summed E-state index contributed by atoms with van der Waals surface area (Å²) in [5.74, 6) is -1.56. The molecule has 1 aromatic heterocycles. The lowest BCUT2D eigenvalue weighted by Gasteiger charge is -2.09. The SMILES string of the molecule is O=C(CNC(=O)c1ccc2[nH]c(=S)oc2c1)NCC(F)(F)F. The molecule has 0 bridgehead atoms. The van der Waals surface area contributed by atoms with E-state index in [9.17, 15) is 22.8 Å². The highest BCUT2D eigenvalue weighted by molar-refractivity contribution is 7.71. The number of halogens is 3. The summed E-state index contributed by atoms with van der Waals surface area (Å²) in [6.45, 7) is -2.01. The van der Waals surface area contributed by atoms with Gasteiger partial charge in [-0.15, -0.1) is 0 Å². The van der Waals surface area contributed by atoms with E-state index in [0.717, 1.165) is 0 Å². The summed E-state index contributed by atoms with van der Waals surface area (Å²) in [5, 5.41) is 3.86. The number of carbonyl (C=O) groups is 2. The van der Waals surface area contributed by atoms with Gasteiger partial charge in [0.1, 0.15) is 6.54 Å². The monoisotopic (exact) mass is 333 g/mol. The number of rotatable bonds is 4. The predicted octanol–water partition coefficient (Wildman–Crippen LogP) is 1.90. The summed E-state index contributed by atoms with van der Waals surface area (Å²) in [4.78, 5) is 25.9. The maximum Gasteiger partial charge on any atom is 0.405 e. The molecule has 0 saturated heterocycles. The first-order valence-electron chi connectivity index (χ1n) is 5.99. The highest BCUT2D eigenvalue weighted by atomic mass is 32.1. The van der Waals surface area contributed by atoms with Crippen LogP contribution in [-0.4, -0.2) is 36.1 Å². The lowest BCUT2D eigenvalue weighted by Crippen LogP contribution is -2.40. The Hall–Kier alpha value is -2.36. The van der Waals surface area contributed by atoms with Crippen molar-refractivity contribution < 1.29 is 27.2 Å². The predicted molar refractivity (Wildman–Crippen MR) is 72.8 cm³/mol. The van der Waals surface area contributed by atoms with Gasteiger partial charge in [0.15, 0.2) is 5.58 Å². The first-order chi connectivity index (χ1) is 10.2. The van der Waals surface area contributed by atoms with Crippen molar-refractivity contribution in [3.8, 4) is 0 Å². The Morgan fingerprint density at radius 3 is 2.68 bits per heavy atom. The smallest absolute Gasteiger partial charge is 0.405 e. The molecule has 0 aliphatic heterocycles. The van der Waals surface area contributed by atoms with Crippen LogP contribution in [0, 0.1) is 4.84 Å². The molecule has 3 N–H and O–H groups in total. The number of alkyl halides is 3. The van der Waals surface area contributed by atoms with E-state index in [4.69, 9.17) is 16.6 Å². The van der Waals surface area contributed by atoms with Crippen LogP contribution >= 0.6 is 12.2 Å². The van der Waals surface area contributed by atoms with Gasteiger partial charge >= 0.3 is 6.18 Å². The quantitative estimate of drug-likeness (QED) is 0.746. The van der Waals surface area contributed by atoms with Crippen LogP contribution in [0.4, 0.5) is 13.2 Å². The van der Waals surface area contributed by atoms with Gasteiger partial charge in [0.05, 0.1) is 12.1 Å². The summed E-state index contributed by atoms with van der Waals surface area (Å²) in [6, 6.07) is 4.43. The number of hydrogen-bond acceptors (Lipinski definition) is 4. The fourth-order valence-corrected chi connectivity index (χ4v) is 1.81. The molecule has 0 unspecified atom stereocenters. The van der Waals surface area contributed by atoms with Crippen molar-refractivity contribution in [2.24, 2.45) is 0 Å². The van der Waals surface area contributed by atoms with Gasteiger partial charge in [0.25, 0.3) is 10.7 Å². The molecule has 1 aromatic carbocycles. The van der Waals surface area contributed by atoms with Crippen molar-refractivity contribution in [1.82, 2.24) is 15.6 Å². The van der Waals surface area contributed by atoms with Gasteiger partial charge in [-0.1, -0.05) is 0 Å². The van der Waals surface area contributed by atoms with Crippen LogP contribution in [0.2, 0.25) is 0 Å². The Labute approximate surface area is 126 Å². The molecule has 10 heteroatoms. The summed E-state index contributed by atoms with van der Waals surface area (Å²) in [7, 11) is 0. The molecule has 118 valence electrons. The van der Waals surface area contributed by atoms with Gasteiger partial charge < -0.3 is 20.0 Å². The number of aromatic amines is 1. The van der Waals surface area contributed by atoms with Crippen molar-refractivity contribution in [3.05, 3.63) is 28.6 Å². The highest BCUT2D eigenvalue weighted by Crippen LogP contribution is 2.15. The zero-order valence-corrected chi connectivity index (χ0v) is 11.7. The van der Waals surface area contributed by atoms with Crippen LogP contribution in [0.25, 0.3) is 11.1 Å². The molecule has 0 aliphatic rings. The van der Waals surface area contributed by atoms with E-state index in [1.54, 1.807) is 11.4 Å². The number of fused-ring (bicyclic) bond motifs is 1. The lowest BCUT2D eigenvalue weighted by atomic mass is 10.2. The molecule has 22 heavy (non-hydrogen) atoms. The van der Waals surface area contributed by atoms with E-state index in [1.165, 1.54) is 12.1 Å². The Morgan fingerprint density at radius 2 is 2.00 bits per heavy atom. The number of H-pyrrole nitrogens is 1. The van der Waals surface area contributed by atoms with Gasteiger partial charge in [-0.05, 0) is 30.4 Å². The fraction of sp³-hybridized carbons (Fsp3) is 0.250. The fourth-order valence-electron chi connectivity index (χ4n) is 1.61. The average molecular weight is 333 g/mol. The number of oxazole rings is 1. The van der Waals surface area contributed by atoms with Crippen LogP contribution in [0.5, 0.6) is 0 Å². The van der Waals surface area contributed by atoms with Crippen molar-refractivity contribution >= 4 is 35.1 Å². The van der Waals surface area contributed by atoms with Gasteiger partial charge in [-0.3, -0.25) is 9.59 Å². The molecule has 2 amide bonds. The Kier molecular flexibility index (Phi) is 4.50. The Morgan fingerprint density at radius 1 is 1.27 bits per heavy atom. The molecule has 0 saturated carbocycles. The number of carbonyl (C=O) groups excluding carboxylic acids is 2.